The van der Waals surface area contributed by atoms with Crippen molar-refractivity contribution in [3.05, 3.63) is 40.9 Å². The molecule has 0 N–H and O–H groups in total. The van der Waals surface area contributed by atoms with Gasteiger partial charge in [-0.15, -0.1) is 11.3 Å². The normalized spacial score (nSPS) is 10.4. The van der Waals surface area contributed by atoms with Crippen LogP contribution in [0.15, 0.2) is 29.6 Å². The van der Waals surface area contributed by atoms with Gasteiger partial charge in [0, 0.05) is 17.4 Å². The molecule has 100 valence electrons. The van der Waals surface area contributed by atoms with Crippen molar-refractivity contribution in [1.82, 2.24) is 4.98 Å². The minimum atomic E-state index is -0.193. The van der Waals surface area contributed by atoms with Gasteiger partial charge < -0.3 is 4.74 Å². The topological polar surface area (TPSA) is 39.2 Å². The van der Waals surface area contributed by atoms with Crippen molar-refractivity contribution in [2.24, 2.45) is 0 Å². The molecule has 0 atom stereocenters. The summed E-state index contributed by atoms with van der Waals surface area (Å²) >= 11 is 1.61. The van der Waals surface area contributed by atoms with Gasteiger partial charge >= 0.3 is 5.97 Å². The zero-order valence-electron chi connectivity index (χ0n) is 11.2. The van der Waals surface area contributed by atoms with Crippen LogP contribution in [0.25, 0.3) is 10.6 Å². The molecule has 4 heteroatoms. The van der Waals surface area contributed by atoms with Crippen LogP contribution in [0.4, 0.5) is 0 Å². The number of carbonyl (C=O) groups is 1. The quantitative estimate of drug-likeness (QED) is 0.784. The Bertz CT molecular complexity index is 546. The monoisotopic (exact) mass is 275 g/mol. The first-order valence-electron chi connectivity index (χ1n) is 6.33. The summed E-state index contributed by atoms with van der Waals surface area (Å²) in [4.78, 5) is 15.6. The summed E-state index contributed by atoms with van der Waals surface area (Å²) in [5, 5.41) is 3.01. The summed E-state index contributed by atoms with van der Waals surface area (Å²) in [6, 6.07) is 8.46. The van der Waals surface area contributed by atoms with Crippen molar-refractivity contribution in [2.75, 3.05) is 7.11 Å². The summed E-state index contributed by atoms with van der Waals surface area (Å²) in [6.07, 6.45) is 2.06. The molecule has 0 bridgehead atoms. The van der Waals surface area contributed by atoms with Crippen molar-refractivity contribution in [3.8, 4) is 10.6 Å². The number of hydrogen-bond acceptors (Lipinski definition) is 4. The fourth-order valence-corrected chi connectivity index (χ4v) is 2.63. The molecule has 3 nitrogen and oxygen atoms in total. The van der Waals surface area contributed by atoms with Gasteiger partial charge in [-0.2, -0.15) is 0 Å². The van der Waals surface area contributed by atoms with Crippen molar-refractivity contribution < 1.29 is 9.53 Å². The number of carbonyl (C=O) groups excluding carboxylic acids is 1. The van der Waals surface area contributed by atoms with Crippen LogP contribution < -0.4 is 0 Å². The van der Waals surface area contributed by atoms with Crippen molar-refractivity contribution in [3.63, 3.8) is 0 Å². The van der Waals surface area contributed by atoms with E-state index in [0.29, 0.717) is 12.8 Å². The second kappa shape index (κ2) is 6.48. The lowest BCUT2D eigenvalue weighted by Crippen LogP contribution is -2.01. The predicted molar refractivity (Wildman–Crippen MR) is 77.3 cm³/mol. The second-order valence-corrected chi connectivity index (χ2v) is 5.13. The Labute approximate surface area is 117 Å². The van der Waals surface area contributed by atoms with Crippen molar-refractivity contribution in [1.29, 1.82) is 0 Å². The van der Waals surface area contributed by atoms with E-state index in [2.05, 4.69) is 40.9 Å². The molecule has 0 aliphatic carbocycles. The molecule has 0 amide bonds. The molecular weight excluding hydrogens is 258 g/mol. The van der Waals surface area contributed by atoms with Gasteiger partial charge in [0.25, 0.3) is 0 Å². The van der Waals surface area contributed by atoms with Crippen molar-refractivity contribution >= 4 is 17.3 Å². The van der Waals surface area contributed by atoms with E-state index in [4.69, 9.17) is 0 Å². The first-order chi connectivity index (χ1) is 9.22. The Balaban J connectivity index is 2.05. The fraction of sp³-hybridized carbons (Fsp3) is 0.333. The van der Waals surface area contributed by atoms with Gasteiger partial charge in [0.2, 0.25) is 0 Å². The molecule has 1 aromatic heterocycles. The SMILES string of the molecule is CCc1ccc(-c2nc(CCC(=O)OC)cs2)cc1. The molecule has 2 rings (SSSR count). The Hall–Kier alpha value is -1.68. The number of aryl methyl sites for hydroxylation is 2. The van der Waals surface area contributed by atoms with Gasteiger partial charge in [-0.25, -0.2) is 4.98 Å². The molecule has 0 unspecified atom stereocenters. The van der Waals surface area contributed by atoms with Crippen LogP contribution in [-0.4, -0.2) is 18.1 Å². The third-order valence-corrected chi connectivity index (χ3v) is 3.91. The third-order valence-electron chi connectivity index (χ3n) is 2.97. The Kier molecular flexibility index (Phi) is 4.68. The van der Waals surface area contributed by atoms with Crippen LogP contribution in [0, 0.1) is 0 Å². The molecule has 2 aromatic rings. The van der Waals surface area contributed by atoms with E-state index in [-0.39, 0.29) is 5.97 Å². The molecule has 0 radical (unpaired) electrons. The third kappa shape index (κ3) is 3.64. The van der Waals surface area contributed by atoms with Crippen molar-refractivity contribution in [2.45, 2.75) is 26.2 Å². The number of esters is 1. The second-order valence-electron chi connectivity index (χ2n) is 4.27. The Morgan fingerprint density at radius 2 is 2.05 bits per heavy atom. The van der Waals surface area contributed by atoms with Gasteiger partial charge in [-0.05, 0) is 12.0 Å². The summed E-state index contributed by atoms with van der Waals surface area (Å²) in [7, 11) is 1.41. The summed E-state index contributed by atoms with van der Waals surface area (Å²) in [5.74, 6) is -0.193. The number of nitrogens with zero attached hydrogens (tertiary/aromatic N) is 1. The maximum Gasteiger partial charge on any atom is 0.305 e. The van der Waals surface area contributed by atoms with Crippen LogP contribution in [0.3, 0.4) is 0 Å². The van der Waals surface area contributed by atoms with E-state index in [1.54, 1.807) is 11.3 Å². The van der Waals surface area contributed by atoms with E-state index in [9.17, 15) is 4.79 Å². The molecule has 0 aliphatic heterocycles. The lowest BCUT2D eigenvalue weighted by atomic mass is 10.1. The molecule has 0 fully saturated rings. The largest absolute Gasteiger partial charge is 0.469 e. The highest BCUT2D eigenvalue weighted by molar-refractivity contribution is 7.13. The first kappa shape index (κ1) is 13.7. The van der Waals surface area contributed by atoms with E-state index in [1.165, 1.54) is 12.7 Å². The lowest BCUT2D eigenvalue weighted by Gasteiger charge is -1.99. The Morgan fingerprint density at radius 1 is 1.32 bits per heavy atom. The van der Waals surface area contributed by atoms with E-state index in [1.807, 2.05) is 5.38 Å². The van der Waals surface area contributed by atoms with Gasteiger partial charge in [0.15, 0.2) is 0 Å². The number of methoxy groups -OCH3 is 1. The van der Waals surface area contributed by atoms with E-state index < -0.39 is 0 Å². The van der Waals surface area contributed by atoms with Gasteiger partial charge in [0.1, 0.15) is 5.01 Å². The zero-order chi connectivity index (χ0) is 13.7. The summed E-state index contributed by atoms with van der Waals surface area (Å²) in [6.45, 7) is 2.14. The van der Waals surface area contributed by atoms with Crippen LogP contribution in [0.1, 0.15) is 24.6 Å². The van der Waals surface area contributed by atoms with Gasteiger partial charge in [0.05, 0.1) is 19.2 Å². The number of thiazole rings is 1. The molecular formula is C15H17NO2S. The van der Waals surface area contributed by atoms with Crippen LogP contribution in [0.5, 0.6) is 0 Å². The van der Waals surface area contributed by atoms with Gasteiger partial charge in [-0.3, -0.25) is 4.79 Å². The number of benzene rings is 1. The molecule has 0 spiro atoms. The predicted octanol–water partition coefficient (Wildman–Crippen LogP) is 3.48. The fourth-order valence-electron chi connectivity index (χ4n) is 1.77. The number of hydrogen-bond donors (Lipinski definition) is 0. The minimum absolute atomic E-state index is 0.193. The summed E-state index contributed by atoms with van der Waals surface area (Å²) < 4.78 is 4.63. The first-order valence-corrected chi connectivity index (χ1v) is 7.21. The highest BCUT2D eigenvalue weighted by Crippen LogP contribution is 2.24. The molecule has 0 saturated carbocycles. The zero-order valence-corrected chi connectivity index (χ0v) is 12.0. The average molecular weight is 275 g/mol. The van der Waals surface area contributed by atoms with Crippen LogP contribution >= 0.6 is 11.3 Å². The average Bonchev–Trinajstić information content (AvgIpc) is 2.93. The number of rotatable bonds is 5. The highest BCUT2D eigenvalue weighted by Gasteiger charge is 2.07. The number of aromatic nitrogens is 1. The smallest absolute Gasteiger partial charge is 0.305 e. The minimum Gasteiger partial charge on any atom is -0.469 e. The molecule has 1 heterocycles. The van der Waals surface area contributed by atoms with Crippen LogP contribution in [-0.2, 0) is 22.4 Å². The number of ether oxygens (including phenoxy) is 1. The lowest BCUT2D eigenvalue weighted by molar-refractivity contribution is -0.140. The molecule has 0 saturated heterocycles. The van der Waals surface area contributed by atoms with Gasteiger partial charge in [-0.1, -0.05) is 31.2 Å². The summed E-state index contributed by atoms with van der Waals surface area (Å²) in [5.41, 5.74) is 3.41. The Morgan fingerprint density at radius 3 is 2.68 bits per heavy atom. The molecule has 1 aromatic carbocycles. The maximum atomic E-state index is 11.1. The standard InChI is InChI=1S/C15H17NO2S/c1-3-11-4-6-12(7-5-11)15-16-13(10-19-15)8-9-14(17)18-2/h4-7,10H,3,8-9H2,1-2H3. The maximum absolute atomic E-state index is 11.1. The molecule has 0 aliphatic rings. The van der Waals surface area contributed by atoms with E-state index >= 15 is 0 Å². The highest BCUT2D eigenvalue weighted by atomic mass is 32.1. The van der Waals surface area contributed by atoms with Crippen LogP contribution in [0.2, 0.25) is 0 Å². The molecule has 19 heavy (non-hydrogen) atoms. The van der Waals surface area contributed by atoms with E-state index in [0.717, 1.165) is 22.7 Å².